The highest BCUT2D eigenvalue weighted by Crippen LogP contribution is 2.39. The summed E-state index contributed by atoms with van der Waals surface area (Å²) in [6.45, 7) is 2.70. The first-order valence-electron chi connectivity index (χ1n) is 10.6. The molecule has 1 aliphatic carbocycles. The maximum atomic E-state index is 13.0. The van der Waals surface area contributed by atoms with E-state index in [1.165, 1.54) is 17.6 Å². The van der Waals surface area contributed by atoms with Crippen molar-refractivity contribution in [2.24, 2.45) is 5.92 Å². The number of hydrogen-bond donors (Lipinski definition) is 1. The van der Waals surface area contributed by atoms with Crippen molar-refractivity contribution >= 4 is 44.1 Å². The van der Waals surface area contributed by atoms with Crippen LogP contribution in [0.2, 0.25) is 0 Å². The number of anilines is 1. The molecule has 2 aliphatic rings. The van der Waals surface area contributed by atoms with Crippen LogP contribution in [0.4, 0.5) is 5.00 Å². The molecule has 0 radical (unpaired) electrons. The molecule has 1 aromatic carbocycles. The van der Waals surface area contributed by atoms with Crippen LogP contribution in [0, 0.1) is 5.92 Å². The molecule has 1 fully saturated rings. The van der Waals surface area contributed by atoms with Crippen LogP contribution in [0.25, 0.3) is 0 Å². The summed E-state index contributed by atoms with van der Waals surface area (Å²) in [6.07, 6.45) is 5.75. The Morgan fingerprint density at radius 1 is 1.23 bits per heavy atom. The number of carbonyl (C=O) groups excluding carboxylic acids is 2. The van der Waals surface area contributed by atoms with Crippen LogP contribution in [0.1, 0.15) is 52.0 Å². The number of esters is 1. The summed E-state index contributed by atoms with van der Waals surface area (Å²) in [5, 5.41) is 3.75. The highest BCUT2D eigenvalue weighted by atomic mass is 79.9. The fourth-order valence-electron chi connectivity index (χ4n) is 4.43. The lowest BCUT2D eigenvalue weighted by atomic mass is 9.94. The molecular formula is C23H27BrN2O3S. The molecule has 4 rings (SSSR count). The number of amides is 1. The van der Waals surface area contributed by atoms with E-state index in [2.05, 4.69) is 44.3 Å². The zero-order valence-corrected chi connectivity index (χ0v) is 19.6. The van der Waals surface area contributed by atoms with Gasteiger partial charge in [0.15, 0.2) is 0 Å². The minimum Gasteiger partial charge on any atom is -0.465 e. The molecule has 5 nitrogen and oxygen atoms in total. The molecule has 160 valence electrons. The number of halogens is 1. The van der Waals surface area contributed by atoms with Crippen molar-refractivity contribution < 1.29 is 14.3 Å². The Morgan fingerprint density at radius 2 is 2.00 bits per heavy atom. The fourth-order valence-corrected chi connectivity index (χ4v) is 6.16. The molecule has 0 unspecified atom stereocenters. The van der Waals surface area contributed by atoms with Crippen molar-refractivity contribution in [1.29, 1.82) is 0 Å². The van der Waals surface area contributed by atoms with Crippen molar-refractivity contribution in [3.63, 3.8) is 0 Å². The predicted molar refractivity (Wildman–Crippen MR) is 123 cm³/mol. The summed E-state index contributed by atoms with van der Waals surface area (Å²) in [6, 6.07) is 8.37. The summed E-state index contributed by atoms with van der Waals surface area (Å²) >= 11 is 5.08. The van der Waals surface area contributed by atoms with Gasteiger partial charge in [-0.1, -0.05) is 28.1 Å². The largest absolute Gasteiger partial charge is 0.465 e. The van der Waals surface area contributed by atoms with Gasteiger partial charge < -0.3 is 10.1 Å². The first-order valence-corrected chi connectivity index (χ1v) is 12.2. The van der Waals surface area contributed by atoms with Crippen LogP contribution >= 0.6 is 27.3 Å². The summed E-state index contributed by atoms with van der Waals surface area (Å²) in [5.41, 5.74) is 2.94. The average molecular weight is 491 g/mol. The molecule has 1 saturated heterocycles. The van der Waals surface area contributed by atoms with E-state index >= 15 is 0 Å². The minimum absolute atomic E-state index is 0.0200. The third-order valence-electron chi connectivity index (χ3n) is 6.05. The van der Waals surface area contributed by atoms with Gasteiger partial charge in [0.2, 0.25) is 5.91 Å². The van der Waals surface area contributed by atoms with Gasteiger partial charge in [-0.3, -0.25) is 9.69 Å². The molecule has 1 aliphatic heterocycles. The molecule has 30 heavy (non-hydrogen) atoms. The van der Waals surface area contributed by atoms with E-state index in [0.717, 1.165) is 68.2 Å². The number of benzene rings is 1. The normalized spacial score (nSPS) is 17.4. The van der Waals surface area contributed by atoms with E-state index < -0.39 is 0 Å². The second-order valence-corrected chi connectivity index (χ2v) is 10.1. The van der Waals surface area contributed by atoms with Gasteiger partial charge in [-0.15, -0.1) is 11.3 Å². The number of methoxy groups -OCH3 is 1. The van der Waals surface area contributed by atoms with Crippen LogP contribution in [-0.4, -0.2) is 37.0 Å². The van der Waals surface area contributed by atoms with E-state index in [4.69, 9.17) is 4.74 Å². The monoisotopic (exact) mass is 490 g/mol. The van der Waals surface area contributed by atoms with Crippen molar-refractivity contribution in [3.8, 4) is 0 Å². The van der Waals surface area contributed by atoms with Gasteiger partial charge in [0.05, 0.1) is 12.7 Å². The Hall–Kier alpha value is -1.70. The summed E-state index contributed by atoms with van der Waals surface area (Å²) < 4.78 is 6.11. The number of nitrogens with one attached hydrogen (secondary N) is 1. The number of thiophene rings is 1. The number of piperidine rings is 1. The molecule has 2 heterocycles. The molecule has 0 atom stereocenters. The number of hydrogen-bond acceptors (Lipinski definition) is 5. The van der Waals surface area contributed by atoms with Gasteiger partial charge in [0.1, 0.15) is 5.00 Å². The predicted octanol–water partition coefficient (Wildman–Crippen LogP) is 5.03. The van der Waals surface area contributed by atoms with E-state index in [1.807, 2.05) is 6.07 Å². The lowest BCUT2D eigenvalue weighted by Crippen LogP contribution is -2.37. The SMILES string of the molecule is COC(=O)c1c(NC(=O)C2CCN(Cc3cccc(Br)c3)CC2)sc2c1CCCC2. The number of ether oxygens (including phenoxy) is 1. The molecule has 2 aromatic rings. The summed E-state index contributed by atoms with van der Waals surface area (Å²) in [4.78, 5) is 29.0. The Bertz CT molecular complexity index is 935. The number of aryl methyl sites for hydroxylation is 1. The highest BCUT2D eigenvalue weighted by molar-refractivity contribution is 9.10. The van der Waals surface area contributed by atoms with E-state index in [0.29, 0.717) is 10.6 Å². The first kappa shape index (κ1) is 21.5. The molecule has 0 saturated carbocycles. The van der Waals surface area contributed by atoms with Gasteiger partial charge in [-0.05, 0) is 74.9 Å². The molecule has 0 bridgehead atoms. The molecule has 1 N–H and O–H groups in total. The van der Waals surface area contributed by atoms with Crippen LogP contribution in [-0.2, 0) is 28.9 Å². The Kier molecular flexibility index (Phi) is 6.91. The van der Waals surface area contributed by atoms with Crippen LogP contribution in [0.15, 0.2) is 28.7 Å². The lowest BCUT2D eigenvalue weighted by molar-refractivity contribution is -0.121. The van der Waals surface area contributed by atoms with Crippen molar-refractivity contribution in [1.82, 2.24) is 4.90 Å². The zero-order chi connectivity index (χ0) is 21.1. The average Bonchev–Trinajstić information content (AvgIpc) is 3.11. The van der Waals surface area contributed by atoms with Gasteiger partial charge in [-0.25, -0.2) is 4.79 Å². The zero-order valence-electron chi connectivity index (χ0n) is 17.2. The van der Waals surface area contributed by atoms with E-state index in [9.17, 15) is 9.59 Å². The molecule has 7 heteroatoms. The summed E-state index contributed by atoms with van der Waals surface area (Å²) in [7, 11) is 1.40. The topological polar surface area (TPSA) is 58.6 Å². The van der Waals surface area contributed by atoms with Crippen molar-refractivity contribution in [2.75, 3.05) is 25.5 Å². The fraction of sp³-hybridized carbons (Fsp3) is 0.478. The molecular weight excluding hydrogens is 464 g/mol. The van der Waals surface area contributed by atoms with Crippen LogP contribution < -0.4 is 5.32 Å². The maximum Gasteiger partial charge on any atom is 0.341 e. The van der Waals surface area contributed by atoms with Gasteiger partial charge in [-0.2, -0.15) is 0 Å². The van der Waals surface area contributed by atoms with E-state index in [1.54, 1.807) is 11.3 Å². The number of carbonyl (C=O) groups is 2. The van der Waals surface area contributed by atoms with Crippen LogP contribution in [0.3, 0.4) is 0 Å². The van der Waals surface area contributed by atoms with Gasteiger partial charge >= 0.3 is 5.97 Å². The van der Waals surface area contributed by atoms with Crippen molar-refractivity contribution in [2.45, 2.75) is 45.1 Å². The minimum atomic E-state index is -0.339. The number of fused-ring (bicyclic) bond motifs is 1. The van der Waals surface area contributed by atoms with Crippen LogP contribution in [0.5, 0.6) is 0 Å². The second kappa shape index (κ2) is 9.62. The number of nitrogens with zero attached hydrogens (tertiary/aromatic N) is 1. The Morgan fingerprint density at radius 3 is 2.73 bits per heavy atom. The third-order valence-corrected chi connectivity index (χ3v) is 7.75. The Balaban J connectivity index is 1.38. The van der Waals surface area contributed by atoms with Gasteiger partial charge in [0.25, 0.3) is 0 Å². The smallest absolute Gasteiger partial charge is 0.341 e. The summed E-state index contributed by atoms with van der Waals surface area (Å²) in [5.74, 6) is -0.331. The quantitative estimate of drug-likeness (QED) is 0.597. The highest BCUT2D eigenvalue weighted by Gasteiger charge is 2.30. The van der Waals surface area contributed by atoms with Gasteiger partial charge in [0, 0.05) is 21.8 Å². The standard InChI is InChI=1S/C23H27BrN2O3S/c1-29-23(28)20-18-7-2-3-8-19(18)30-22(20)25-21(27)16-9-11-26(12-10-16)14-15-5-4-6-17(24)13-15/h4-6,13,16H,2-3,7-12,14H2,1H3,(H,25,27). The number of likely N-dealkylation sites (tertiary alicyclic amines) is 1. The molecule has 1 aromatic heterocycles. The van der Waals surface area contributed by atoms with E-state index in [-0.39, 0.29) is 17.8 Å². The first-order chi connectivity index (χ1) is 14.5. The second-order valence-electron chi connectivity index (χ2n) is 8.08. The number of rotatable bonds is 5. The molecule has 1 amide bonds. The Labute approximate surface area is 189 Å². The lowest BCUT2D eigenvalue weighted by Gasteiger charge is -2.31. The van der Waals surface area contributed by atoms with Crippen molar-refractivity contribution in [3.05, 3.63) is 50.3 Å². The maximum absolute atomic E-state index is 13.0. The molecule has 0 spiro atoms. The third kappa shape index (κ3) is 4.79.